The topological polar surface area (TPSA) is 65.8 Å². The molecule has 3 rings (SSSR count). The number of anilines is 1. The summed E-state index contributed by atoms with van der Waals surface area (Å²) in [6.07, 6.45) is 0.964. The first kappa shape index (κ1) is 17.7. The Bertz CT molecular complexity index is 774. The SMILES string of the molecule is CN1CCCN(C(=O)c2cccc(NC(=O)c3ccc(Br)o3)c2)CC1. The minimum absolute atomic E-state index is 0.00728. The van der Waals surface area contributed by atoms with Gasteiger partial charge in [0.25, 0.3) is 11.8 Å². The molecule has 2 amide bonds. The third-order valence-corrected chi connectivity index (χ3v) is 4.60. The number of hydrogen-bond acceptors (Lipinski definition) is 4. The standard InChI is InChI=1S/C18H20BrN3O3/c1-21-8-3-9-22(11-10-21)18(24)13-4-2-5-14(12-13)20-17(23)15-6-7-16(19)25-15/h2,4-7,12H,3,8-11H2,1H3,(H,20,23). The number of nitrogens with zero attached hydrogens (tertiary/aromatic N) is 2. The second-order valence-corrected chi connectivity index (χ2v) is 6.87. The van der Waals surface area contributed by atoms with E-state index in [2.05, 4.69) is 33.2 Å². The maximum atomic E-state index is 12.7. The number of carbonyl (C=O) groups excluding carboxylic acids is 2. The van der Waals surface area contributed by atoms with Crippen molar-refractivity contribution in [2.24, 2.45) is 0 Å². The highest BCUT2D eigenvalue weighted by atomic mass is 79.9. The van der Waals surface area contributed by atoms with Gasteiger partial charge in [0.1, 0.15) is 0 Å². The average molecular weight is 406 g/mol. The van der Waals surface area contributed by atoms with Crippen LogP contribution in [0.3, 0.4) is 0 Å². The first-order valence-corrected chi connectivity index (χ1v) is 8.97. The molecule has 1 N–H and O–H groups in total. The molecule has 1 saturated heterocycles. The molecule has 0 aliphatic carbocycles. The third kappa shape index (κ3) is 4.49. The monoisotopic (exact) mass is 405 g/mol. The van der Waals surface area contributed by atoms with Crippen molar-refractivity contribution in [3.8, 4) is 0 Å². The van der Waals surface area contributed by atoms with Gasteiger partial charge in [0.15, 0.2) is 10.4 Å². The summed E-state index contributed by atoms with van der Waals surface area (Å²) in [7, 11) is 2.07. The lowest BCUT2D eigenvalue weighted by Gasteiger charge is -2.21. The zero-order chi connectivity index (χ0) is 17.8. The Balaban J connectivity index is 1.70. The Labute approximate surface area is 154 Å². The van der Waals surface area contributed by atoms with Crippen LogP contribution in [0.1, 0.15) is 27.3 Å². The Morgan fingerprint density at radius 3 is 2.72 bits per heavy atom. The van der Waals surface area contributed by atoms with Gasteiger partial charge in [-0.25, -0.2) is 0 Å². The predicted octanol–water partition coefficient (Wildman–Crippen LogP) is 3.07. The van der Waals surface area contributed by atoms with Gasteiger partial charge in [-0.2, -0.15) is 0 Å². The molecule has 0 saturated carbocycles. The zero-order valence-corrected chi connectivity index (χ0v) is 15.6. The van der Waals surface area contributed by atoms with E-state index in [1.165, 1.54) is 0 Å². The number of amides is 2. The fourth-order valence-corrected chi connectivity index (χ4v) is 3.10. The van der Waals surface area contributed by atoms with Crippen LogP contribution in [-0.2, 0) is 0 Å². The first-order chi connectivity index (χ1) is 12.0. The van der Waals surface area contributed by atoms with Gasteiger partial charge >= 0.3 is 0 Å². The first-order valence-electron chi connectivity index (χ1n) is 8.17. The minimum Gasteiger partial charge on any atom is -0.444 e. The van der Waals surface area contributed by atoms with E-state index in [-0.39, 0.29) is 17.6 Å². The van der Waals surface area contributed by atoms with Crippen molar-refractivity contribution in [1.82, 2.24) is 9.80 Å². The molecule has 2 heterocycles. The fourth-order valence-electron chi connectivity index (χ4n) is 2.79. The van der Waals surface area contributed by atoms with Gasteiger partial charge in [0.2, 0.25) is 0 Å². The zero-order valence-electron chi connectivity index (χ0n) is 14.0. The molecule has 0 unspecified atom stereocenters. The number of hydrogen-bond donors (Lipinski definition) is 1. The van der Waals surface area contributed by atoms with E-state index in [0.29, 0.717) is 22.5 Å². The van der Waals surface area contributed by atoms with E-state index in [4.69, 9.17) is 4.42 Å². The van der Waals surface area contributed by atoms with Gasteiger partial charge in [-0.15, -0.1) is 0 Å². The van der Waals surface area contributed by atoms with Crippen molar-refractivity contribution < 1.29 is 14.0 Å². The number of halogens is 1. The van der Waals surface area contributed by atoms with Crippen molar-refractivity contribution >= 4 is 33.4 Å². The number of benzene rings is 1. The molecular weight excluding hydrogens is 386 g/mol. The second-order valence-electron chi connectivity index (χ2n) is 6.09. The maximum absolute atomic E-state index is 12.7. The van der Waals surface area contributed by atoms with Crippen molar-refractivity contribution in [3.05, 3.63) is 52.4 Å². The Morgan fingerprint density at radius 2 is 1.96 bits per heavy atom. The molecule has 0 radical (unpaired) electrons. The van der Waals surface area contributed by atoms with E-state index in [1.54, 1.807) is 36.4 Å². The third-order valence-electron chi connectivity index (χ3n) is 4.17. The van der Waals surface area contributed by atoms with Gasteiger partial charge in [-0.3, -0.25) is 9.59 Å². The van der Waals surface area contributed by atoms with Gasteiger partial charge in [-0.1, -0.05) is 6.07 Å². The van der Waals surface area contributed by atoms with E-state index < -0.39 is 0 Å². The lowest BCUT2D eigenvalue weighted by Crippen LogP contribution is -2.34. The molecule has 6 nitrogen and oxygen atoms in total. The molecule has 0 atom stereocenters. The van der Waals surface area contributed by atoms with Gasteiger partial charge in [0, 0.05) is 30.9 Å². The normalized spacial score (nSPS) is 15.7. The van der Waals surface area contributed by atoms with Crippen LogP contribution < -0.4 is 5.32 Å². The molecule has 0 spiro atoms. The number of nitrogens with one attached hydrogen (secondary N) is 1. The van der Waals surface area contributed by atoms with Crippen LogP contribution in [0, 0.1) is 0 Å². The van der Waals surface area contributed by atoms with E-state index >= 15 is 0 Å². The molecule has 1 aliphatic rings. The molecule has 1 aromatic carbocycles. The second kappa shape index (κ2) is 7.84. The van der Waals surface area contributed by atoms with Crippen LogP contribution in [0.5, 0.6) is 0 Å². The summed E-state index contributed by atoms with van der Waals surface area (Å²) < 4.78 is 5.73. The summed E-state index contributed by atoms with van der Waals surface area (Å²) in [6.45, 7) is 3.33. The van der Waals surface area contributed by atoms with Crippen LogP contribution in [0.15, 0.2) is 45.5 Å². The van der Waals surface area contributed by atoms with Crippen molar-refractivity contribution in [3.63, 3.8) is 0 Å². The Morgan fingerprint density at radius 1 is 1.12 bits per heavy atom. The number of carbonyl (C=O) groups is 2. The van der Waals surface area contributed by atoms with Gasteiger partial charge in [-0.05, 0) is 66.3 Å². The molecule has 0 bridgehead atoms. The molecule has 7 heteroatoms. The van der Waals surface area contributed by atoms with E-state index in [0.717, 1.165) is 26.1 Å². The predicted molar refractivity (Wildman–Crippen MR) is 98.8 cm³/mol. The lowest BCUT2D eigenvalue weighted by atomic mass is 10.1. The van der Waals surface area contributed by atoms with Crippen LogP contribution >= 0.6 is 15.9 Å². The summed E-state index contributed by atoms with van der Waals surface area (Å²) in [5, 5.41) is 2.76. The van der Waals surface area contributed by atoms with Crippen LogP contribution in [0.4, 0.5) is 5.69 Å². The van der Waals surface area contributed by atoms with E-state index in [9.17, 15) is 9.59 Å². The molecule has 1 aliphatic heterocycles. The number of likely N-dealkylation sites (N-methyl/N-ethyl adjacent to an activating group) is 1. The lowest BCUT2D eigenvalue weighted by molar-refractivity contribution is 0.0762. The smallest absolute Gasteiger partial charge is 0.291 e. The number of rotatable bonds is 3. The summed E-state index contributed by atoms with van der Waals surface area (Å²) in [4.78, 5) is 29.0. The summed E-state index contributed by atoms with van der Waals surface area (Å²) in [5.74, 6) is -0.155. The highest BCUT2D eigenvalue weighted by Crippen LogP contribution is 2.18. The summed E-state index contributed by atoms with van der Waals surface area (Å²) in [6, 6.07) is 10.2. The Kier molecular flexibility index (Phi) is 5.55. The molecule has 132 valence electrons. The van der Waals surface area contributed by atoms with Crippen LogP contribution in [0.2, 0.25) is 0 Å². The molecule has 2 aromatic rings. The quantitative estimate of drug-likeness (QED) is 0.851. The van der Waals surface area contributed by atoms with Gasteiger partial charge < -0.3 is 19.5 Å². The van der Waals surface area contributed by atoms with Gasteiger partial charge in [0.05, 0.1) is 0 Å². The number of furan rings is 1. The van der Waals surface area contributed by atoms with Crippen molar-refractivity contribution in [1.29, 1.82) is 0 Å². The van der Waals surface area contributed by atoms with Crippen molar-refractivity contribution in [2.45, 2.75) is 6.42 Å². The van der Waals surface area contributed by atoms with Crippen molar-refractivity contribution in [2.75, 3.05) is 38.5 Å². The highest BCUT2D eigenvalue weighted by Gasteiger charge is 2.19. The maximum Gasteiger partial charge on any atom is 0.291 e. The summed E-state index contributed by atoms with van der Waals surface area (Å²) in [5.41, 5.74) is 1.14. The van der Waals surface area contributed by atoms with E-state index in [1.807, 2.05) is 4.90 Å². The van der Waals surface area contributed by atoms with Crippen LogP contribution in [-0.4, -0.2) is 54.8 Å². The molecule has 1 aromatic heterocycles. The highest BCUT2D eigenvalue weighted by molar-refractivity contribution is 9.10. The molecular formula is C18H20BrN3O3. The summed E-state index contributed by atoms with van der Waals surface area (Å²) >= 11 is 3.17. The minimum atomic E-state index is -0.355. The molecule has 1 fully saturated rings. The average Bonchev–Trinajstić information content (AvgIpc) is 2.92. The Hall–Kier alpha value is -2.12. The molecule has 25 heavy (non-hydrogen) atoms. The fraction of sp³-hybridized carbons (Fsp3) is 0.333. The van der Waals surface area contributed by atoms with Crippen LogP contribution in [0.25, 0.3) is 0 Å². The largest absolute Gasteiger partial charge is 0.444 e.